The third-order valence-corrected chi connectivity index (χ3v) is 2.09. The van der Waals surface area contributed by atoms with Gasteiger partial charge < -0.3 is 11.5 Å². The van der Waals surface area contributed by atoms with E-state index in [1.165, 1.54) is 0 Å². The van der Waals surface area contributed by atoms with E-state index in [2.05, 4.69) is 4.99 Å². The maximum atomic E-state index is 6.94. The first-order valence-electron chi connectivity index (χ1n) is 3.65. The highest BCUT2D eigenvalue weighted by molar-refractivity contribution is 6.40. The number of hydrogen-bond acceptors (Lipinski definition) is 1. The Bertz CT molecular complexity index is 380. The number of aliphatic imine (C=N–C) groups is 1. The average molecular weight is 231 g/mol. The van der Waals surface area contributed by atoms with E-state index < -0.39 is 5.96 Å². The normalized spacial score (nSPS) is 11.4. The van der Waals surface area contributed by atoms with Gasteiger partial charge in [-0.3, -0.25) is 5.41 Å². The minimum absolute atomic E-state index is 0.0353. The van der Waals surface area contributed by atoms with Crippen molar-refractivity contribution in [1.82, 2.24) is 0 Å². The highest BCUT2D eigenvalue weighted by atomic mass is 35.5. The average Bonchev–Trinajstić information content (AvgIpc) is 2.01. The van der Waals surface area contributed by atoms with E-state index in [9.17, 15) is 0 Å². The zero-order chi connectivity index (χ0) is 10.7. The van der Waals surface area contributed by atoms with Crippen LogP contribution in [0.1, 0.15) is 5.56 Å². The lowest BCUT2D eigenvalue weighted by molar-refractivity contribution is 1.36. The third-order valence-electron chi connectivity index (χ3n) is 1.46. The molecule has 0 aliphatic carbocycles. The molecule has 0 bridgehead atoms. The predicted molar refractivity (Wildman–Crippen MR) is 59.1 cm³/mol. The maximum absolute atomic E-state index is 6.94. The first-order valence-corrected chi connectivity index (χ1v) is 4.40. The number of benzene rings is 1. The number of halogens is 2. The fourth-order valence-electron chi connectivity index (χ4n) is 0.928. The number of hydrogen-bond donors (Lipinski definition) is 3. The second-order valence-corrected chi connectivity index (χ2v) is 3.29. The Labute approximate surface area is 91.0 Å². The van der Waals surface area contributed by atoms with Crippen molar-refractivity contribution in [2.45, 2.75) is 0 Å². The number of guanidine groups is 1. The van der Waals surface area contributed by atoms with Gasteiger partial charge in [-0.1, -0.05) is 29.3 Å². The molecule has 1 aromatic rings. The quantitative estimate of drug-likeness (QED) is 0.506. The number of nitrogens with zero attached hydrogens (tertiary/aromatic N) is 1. The van der Waals surface area contributed by atoms with Crippen LogP contribution in [0.5, 0.6) is 0 Å². The zero-order valence-electron chi connectivity index (χ0n) is 7.09. The van der Waals surface area contributed by atoms with Gasteiger partial charge >= 0.3 is 0 Å². The van der Waals surface area contributed by atoms with Crippen molar-refractivity contribution in [1.29, 1.82) is 5.41 Å². The van der Waals surface area contributed by atoms with E-state index in [0.29, 0.717) is 15.6 Å². The molecular weight excluding hydrogens is 223 g/mol. The second-order valence-electron chi connectivity index (χ2n) is 2.48. The minimum atomic E-state index is -0.390. The van der Waals surface area contributed by atoms with Gasteiger partial charge in [0.1, 0.15) is 5.84 Å². The molecule has 0 heterocycles. The van der Waals surface area contributed by atoms with Crippen LogP contribution in [0.15, 0.2) is 23.2 Å². The Kier molecular flexibility index (Phi) is 3.33. The smallest absolute Gasteiger partial charge is 0.214 e. The molecule has 0 saturated carbocycles. The molecule has 0 aromatic heterocycles. The molecule has 0 saturated heterocycles. The van der Waals surface area contributed by atoms with Crippen LogP contribution in [0.25, 0.3) is 0 Å². The van der Waals surface area contributed by atoms with Gasteiger partial charge in [0.2, 0.25) is 5.96 Å². The van der Waals surface area contributed by atoms with Crippen molar-refractivity contribution >= 4 is 35.0 Å². The largest absolute Gasteiger partial charge is 0.383 e. The fourth-order valence-corrected chi connectivity index (χ4v) is 1.52. The first-order chi connectivity index (χ1) is 6.52. The Morgan fingerprint density at radius 3 is 2.14 bits per heavy atom. The summed E-state index contributed by atoms with van der Waals surface area (Å²) in [7, 11) is 0. The van der Waals surface area contributed by atoms with Crippen LogP contribution in [0.4, 0.5) is 0 Å². The first kappa shape index (κ1) is 10.8. The SMILES string of the molecule is N=C(N)/N=C(\N)c1c(Cl)cccc1Cl. The molecule has 0 aliphatic heterocycles. The van der Waals surface area contributed by atoms with Gasteiger partial charge in [-0.2, -0.15) is 4.99 Å². The summed E-state index contributed by atoms with van der Waals surface area (Å²) in [5.74, 6) is -0.355. The summed E-state index contributed by atoms with van der Waals surface area (Å²) in [6, 6.07) is 4.95. The van der Waals surface area contributed by atoms with Crippen LogP contribution < -0.4 is 11.5 Å². The maximum Gasteiger partial charge on any atom is 0.214 e. The Morgan fingerprint density at radius 1 is 1.21 bits per heavy atom. The van der Waals surface area contributed by atoms with Crippen LogP contribution in [-0.2, 0) is 0 Å². The van der Waals surface area contributed by atoms with Crippen molar-refractivity contribution in [2.24, 2.45) is 16.5 Å². The van der Waals surface area contributed by atoms with Crippen molar-refractivity contribution in [3.05, 3.63) is 33.8 Å². The van der Waals surface area contributed by atoms with Gasteiger partial charge in [0.15, 0.2) is 0 Å². The number of nitrogens with two attached hydrogens (primary N) is 2. The molecule has 5 N–H and O–H groups in total. The lowest BCUT2D eigenvalue weighted by atomic mass is 10.2. The number of amidine groups is 1. The lowest BCUT2D eigenvalue weighted by Crippen LogP contribution is -2.19. The molecule has 4 nitrogen and oxygen atoms in total. The van der Waals surface area contributed by atoms with Crippen LogP contribution in [0.3, 0.4) is 0 Å². The fraction of sp³-hybridized carbons (Fsp3) is 0. The van der Waals surface area contributed by atoms with Gasteiger partial charge in [0.25, 0.3) is 0 Å². The summed E-state index contributed by atoms with van der Waals surface area (Å²) < 4.78 is 0. The molecular formula is C8H8Cl2N4. The van der Waals surface area contributed by atoms with Crippen LogP contribution in [-0.4, -0.2) is 11.8 Å². The number of nitrogens with one attached hydrogen (secondary N) is 1. The molecule has 0 unspecified atom stereocenters. The zero-order valence-corrected chi connectivity index (χ0v) is 8.60. The Morgan fingerprint density at radius 2 is 1.71 bits per heavy atom. The van der Waals surface area contributed by atoms with Gasteiger partial charge in [-0.05, 0) is 12.1 Å². The van der Waals surface area contributed by atoms with E-state index in [0.717, 1.165) is 0 Å². The molecule has 0 atom stereocenters. The lowest BCUT2D eigenvalue weighted by Gasteiger charge is -2.05. The van der Waals surface area contributed by atoms with Crippen LogP contribution >= 0.6 is 23.2 Å². The van der Waals surface area contributed by atoms with Gasteiger partial charge in [0.05, 0.1) is 15.6 Å². The molecule has 0 amide bonds. The summed E-state index contributed by atoms with van der Waals surface area (Å²) in [5, 5.41) is 7.69. The third kappa shape index (κ3) is 2.37. The molecule has 1 rings (SSSR count). The Hall–Kier alpha value is -1.26. The molecule has 0 radical (unpaired) electrons. The van der Waals surface area contributed by atoms with Crippen molar-refractivity contribution in [3.8, 4) is 0 Å². The number of rotatable bonds is 1. The van der Waals surface area contributed by atoms with E-state index >= 15 is 0 Å². The van der Waals surface area contributed by atoms with E-state index in [1.54, 1.807) is 18.2 Å². The monoisotopic (exact) mass is 230 g/mol. The van der Waals surface area contributed by atoms with Gasteiger partial charge in [-0.15, -0.1) is 0 Å². The van der Waals surface area contributed by atoms with Crippen LogP contribution in [0, 0.1) is 5.41 Å². The van der Waals surface area contributed by atoms with Crippen molar-refractivity contribution in [3.63, 3.8) is 0 Å². The molecule has 0 spiro atoms. The molecule has 1 aromatic carbocycles. The topological polar surface area (TPSA) is 88.2 Å². The summed E-state index contributed by atoms with van der Waals surface area (Å²) in [4.78, 5) is 3.56. The summed E-state index contributed by atoms with van der Waals surface area (Å²) in [5.41, 5.74) is 11.0. The summed E-state index contributed by atoms with van der Waals surface area (Å²) >= 11 is 11.7. The highest BCUT2D eigenvalue weighted by Gasteiger charge is 2.09. The second kappa shape index (κ2) is 4.30. The van der Waals surface area contributed by atoms with E-state index in [1.807, 2.05) is 0 Å². The molecule has 0 aliphatic rings. The van der Waals surface area contributed by atoms with Crippen molar-refractivity contribution < 1.29 is 0 Å². The van der Waals surface area contributed by atoms with E-state index in [4.69, 9.17) is 40.1 Å². The van der Waals surface area contributed by atoms with Gasteiger partial charge in [0, 0.05) is 0 Å². The highest BCUT2D eigenvalue weighted by Crippen LogP contribution is 2.23. The molecule has 6 heteroatoms. The summed E-state index contributed by atoms with van der Waals surface area (Å²) in [6.07, 6.45) is 0. The van der Waals surface area contributed by atoms with Crippen molar-refractivity contribution in [2.75, 3.05) is 0 Å². The van der Waals surface area contributed by atoms with Gasteiger partial charge in [-0.25, -0.2) is 0 Å². The summed E-state index contributed by atoms with van der Waals surface area (Å²) in [6.45, 7) is 0. The molecule has 74 valence electrons. The van der Waals surface area contributed by atoms with Crippen LogP contribution in [0.2, 0.25) is 10.0 Å². The molecule has 14 heavy (non-hydrogen) atoms. The minimum Gasteiger partial charge on any atom is -0.383 e. The Balaban J connectivity index is 3.25. The van der Waals surface area contributed by atoms with E-state index in [-0.39, 0.29) is 5.84 Å². The standard InChI is InChI=1S/C8H8Cl2N4/c9-4-2-1-3-5(10)6(4)7(11)14-8(12)13/h1-3H,(H5,11,12,13,14). The predicted octanol–water partition coefficient (Wildman–Crippen LogP) is 1.59. The molecule has 0 fully saturated rings.